The first kappa shape index (κ1) is 51.0. The molecule has 11 unspecified atom stereocenters. The lowest BCUT2D eigenvalue weighted by Crippen LogP contribution is -2.70. The Hall–Kier alpha value is -1.98. The van der Waals surface area contributed by atoms with E-state index in [2.05, 4.69) is 10.6 Å². The Morgan fingerprint density at radius 2 is 0.839 bits per heavy atom. The zero-order valence-corrected chi connectivity index (χ0v) is 33.7. The highest BCUT2D eigenvalue weighted by Crippen LogP contribution is 2.35. The lowest BCUT2D eigenvalue weighted by atomic mass is 9.92. The van der Waals surface area contributed by atoms with Gasteiger partial charge >= 0.3 is 0 Å². The number of ether oxygens (including phenoxy) is 9. The predicted molar refractivity (Wildman–Crippen MR) is 193 cm³/mol. The van der Waals surface area contributed by atoms with Gasteiger partial charge in [0.1, 0.15) is 116 Å². The molecular formula is C35H60N2O25. The van der Waals surface area contributed by atoms with Crippen LogP contribution in [0.25, 0.3) is 0 Å². The molecule has 0 aliphatic carbocycles. The molecule has 16 N–H and O–H groups in total. The molecule has 360 valence electrons. The molecule has 2 amide bonds. The number of amides is 2. The minimum absolute atomic E-state index is 0.533. The first-order valence-electron chi connectivity index (χ1n) is 19.9. The molecule has 0 aromatic rings. The van der Waals surface area contributed by atoms with Crippen LogP contribution in [0.3, 0.4) is 0 Å². The fourth-order valence-electron chi connectivity index (χ4n) is 7.98. The molecule has 5 rings (SSSR count). The maximum Gasteiger partial charge on any atom is 0.217 e. The molecule has 5 fully saturated rings. The van der Waals surface area contributed by atoms with Crippen molar-refractivity contribution < 1.29 is 124 Å². The van der Waals surface area contributed by atoms with Crippen LogP contribution in [0, 0.1) is 0 Å². The molecule has 0 radical (unpaired) electrons. The fourth-order valence-corrected chi connectivity index (χ4v) is 7.98. The average Bonchev–Trinajstić information content (AvgIpc) is 3.23. The summed E-state index contributed by atoms with van der Waals surface area (Å²) in [6.45, 7) is -0.399. The van der Waals surface area contributed by atoms with Crippen LogP contribution in [0.5, 0.6) is 0 Å². The van der Waals surface area contributed by atoms with Crippen LogP contribution in [-0.4, -0.2) is 270 Å². The highest BCUT2D eigenvalue weighted by molar-refractivity contribution is 5.73. The van der Waals surface area contributed by atoms with Gasteiger partial charge in [0.15, 0.2) is 25.2 Å². The number of hydrogen-bond acceptors (Lipinski definition) is 25. The zero-order valence-electron chi connectivity index (χ0n) is 33.7. The van der Waals surface area contributed by atoms with E-state index in [0.29, 0.717) is 0 Å². The van der Waals surface area contributed by atoms with E-state index in [4.69, 9.17) is 42.6 Å². The third-order valence-electron chi connectivity index (χ3n) is 11.4. The van der Waals surface area contributed by atoms with Crippen molar-refractivity contribution in [2.45, 2.75) is 174 Å². The zero-order chi connectivity index (χ0) is 45.9. The second-order valence-corrected chi connectivity index (χ2v) is 15.8. The monoisotopic (exact) mass is 908 g/mol. The second-order valence-electron chi connectivity index (χ2n) is 15.8. The predicted octanol–water partition coefficient (Wildman–Crippen LogP) is -10.6. The highest BCUT2D eigenvalue weighted by Gasteiger charge is 2.56. The smallest absolute Gasteiger partial charge is 0.217 e. The lowest BCUT2D eigenvalue weighted by Gasteiger charge is -2.50. The topological polar surface area (TPSA) is 424 Å². The van der Waals surface area contributed by atoms with E-state index in [9.17, 15) is 81.1 Å². The number of hydrogen-bond donors (Lipinski definition) is 16. The molecule has 5 saturated heterocycles. The summed E-state index contributed by atoms with van der Waals surface area (Å²) in [6.07, 6.45) is -40.1. The van der Waals surface area contributed by atoms with Crippen LogP contribution < -0.4 is 10.6 Å². The Morgan fingerprint density at radius 1 is 0.435 bits per heavy atom. The molecule has 5 aliphatic heterocycles. The number of aliphatic hydroxyl groups excluding tert-OH is 14. The maximum absolute atomic E-state index is 12.5. The first-order chi connectivity index (χ1) is 29.3. The summed E-state index contributed by atoms with van der Waals surface area (Å²) in [6, 6.07) is -2.68. The molecule has 62 heavy (non-hydrogen) atoms. The number of nitrogens with one attached hydrogen (secondary N) is 2. The van der Waals surface area contributed by atoms with Gasteiger partial charge in [0.2, 0.25) is 11.8 Å². The number of carbonyl (C=O) groups is 2. The van der Waals surface area contributed by atoms with Crippen LogP contribution in [-0.2, 0) is 52.2 Å². The molecule has 0 bridgehead atoms. The van der Waals surface area contributed by atoms with Gasteiger partial charge in [-0.3, -0.25) is 9.59 Å². The molecule has 0 aromatic heterocycles. The van der Waals surface area contributed by atoms with Gasteiger partial charge in [0, 0.05) is 13.8 Å². The van der Waals surface area contributed by atoms with Gasteiger partial charge in [0.25, 0.3) is 0 Å². The lowest BCUT2D eigenvalue weighted by molar-refractivity contribution is -0.383. The van der Waals surface area contributed by atoms with Crippen molar-refractivity contribution in [3.63, 3.8) is 0 Å². The Morgan fingerprint density at radius 3 is 1.37 bits per heavy atom. The van der Waals surface area contributed by atoms with Gasteiger partial charge in [-0.25, -0.2) is 0 Å². The SMILES string of the molecule is CC(=O)NC1C(C)OC(CO)[C@H](O[C@@H]2OC(CO)[C@H](O[C@@H]3OC(CO[C@@H]4OC(CO)[C@H](O)[C@H](O)C4O)[C@H](O)[C@H](O[C@@H]4O[C@H](CO)[C@H](O)C(O)C4O)C3O)[C@H](O)C2NC(C)=O)[C@@H]1O. The summed E-state index contributed by atoms with van der Waals surface area (Å²) in [7, 11) is 0. The molecule has 5 aliphatic rings. The van der Waals surface area contributed by atoms with Gasteiger partial charge in [-0.2, -0.15) is 0 Å². The van der Waals surface area contributed by atoms with Gasteiger partial charge < -0.3 is 125 Å². The summed E-state index contributed by atoms with van der Waals surface area (Å²) >= 11 is 0. The highest BCUT2D eigenvalue weighted by atomic mass is 16.8. The molecule has 25 atom stereocenters. The third-order valence-corrected chi connectivity index (χ3v) is 11.4. The largest absolute Gasteiger partial charge is 0.394 e. The van der Waals surface area contributed by atoms with E-state index in [1.165, 1.54) is 13.8 Å². The van der Waals surface area contributed by atoms with Crippen LogP contribution in [0.4, 0.5) is 0 Å². The van der Waals surface area contributed by atoms with Crippen molar-refractivity contribution >= 4 is 11.8 Å². The molecule has 0 saturated carbocycles. The maximum atomic E-state index is 12.5. The van der Waals surface area contributed by atoms with E-state index in [1.807, 2.05) is 0 Å². The average molecular weight is 909 g/mol. The van der Waals surface area contributed by atoms with Crippen molar-refractivity contribution in [3.05, 3.63) is 0 Å². The van der Waals surface area contributed by atoms with Crippen LogP contribution in [0.2, 0.25) is 0 Å². The van der Waals surface area contributed by atoms with E-state index in [1.54, 1.807) is 0 Å². The third kappa shape index (κ3) is 11.0. The first-order valence-corrected chi connectivity index (χ1v) is 19.9. The van der Waals surface area contributed by atoms with E-state index < -0.39 is 198 Å². The Balaban J connectivity index is 1.41. The summed E-state index contributed by atoms with van der Waals surface area (Å²) in [5.41, 5.74) is 0. The van der Waals surface area contributed by atoms with Crippen LogP contribution in [0.1, 0.15) is 20.8 Å². The summed E-state index contributed by atoms with van der Waals surface area (Å²) in [5, 5.41) is 153. The van der Waals surface area contributed by atoms with Crippen molar-refractivity contribution in [2.24, 2.45) is 0 Å². The van der Waals surface area contributed by atoms with Crippen molar-refractivity contribution in [1.82, 2.24) is 10.6 Å². The summed E-state index contributed by atoms with van der Waals surface area (Å²) in [5.74, 6) is -1.29. The van der Waals surface area contributed by atoms with Crippen LogP contribution >= 0.6 is 0 Å². The van der Waals surface area contributed by atoms with Crippen molar-refractivity contribution in [3.8, 4) is 0 Å². The van der Waals surface area contributed by atoms with E-state index in [-0.39, 0.29) is 0 Å². The normalized spacial score (nSPS) is 49.0. The van der Waals surface area contributed by atoms with Crippen molar-refractivity contribution in [1.29, 1.82) is 0 Å². The van der Waals surface area contributed by atoms with Crippen LogP contribution in [0.15, 0.2) is 0 Å². The quantitative estimate of drug-likeness (QED) is 0.0725. The minimum atomic E-state index is -2.16. The molecule has 0 aromatic carbocycles. The van der Waals surface area contributed by atoms with E-state index in [0.717, 1.165) is 6.92 Å². The number of aliphatic hydroxyl groups is 14. The van der Waals surface area contributed by atoms with Gasteiger partial charge in [-0.05, 0) is 6.92 Å². The molecular weight excluding hydrogens is 848 g/mol. The summed E-state index contributed by atoms with van der Waals surface area (Å²) in [4.78, 5) is 24.4. The summed E-state index contributed by atoms with van der Waals surface area (Å²) < 4.78 is 51.6. The Labute approximate surface area is 353 Å². The second kappa shape index (κ2) is 22.0. The van der Waals surface area contributed by atoms with Gasteiger partial charge in [-0.1, -0.05) is 0 Å². The Kier molecular flexibility index (Phi) is 18.1. The molecule has 27 nitrogen and oxygen atoms in total. The van der Waals surface area contributed by atoms with Crippen molar-refractivity contribution in [2.75, 3.05) is 33.0 Å². The standard InChI is InChI=1S/C35H60N2O25/c1-9-17(36-10(2)42)22(47)29(14(6-40)55-9)60-32-18(37-11(3)43)23(48)30(15(7-41)58-32)61-35-28(53)31(62-34-27(52)25(50)20(45)13(5-39)57-34)21(46)16(59-35)8-54-33-26(51)24(49)19(44)12(4-38)56-33/h9,12-35,38-41,44-53H,4-8H2,1-3H3,(H,36,42)(H,37,43)/t9?,12?,13-,14?,15?,16?,17?,18?,19+,20+,21+,22-,23-,24+,25?,26?,27?,28?,29+,30+,31+,32+,33-,34+,35+/m1/s1. The molecule has 27 heteroatoms. The molecule has 0 spiro atoms. The number of carbonyl (C=O) groups excluding carboxylic acids is 2. The van der Waals surface area contributed by atoms with Gasteiger partial charge in [-0.15, -0.1) is 0 Å². The number of rotatable bonds is 15. The fraction of sp³-hybridized carbons (Fsp3) is 0.943. The Bertz CT molecular complexity index is 1440. The molecule has 5 heterocycles. The minimum Gasteiger partial charge on any atom is -0.394 e. The van der Waals surface area contributed by atoms with Gasteiger partial charge in [0.05, 0.1) is 45.2 Å². The van der Waals surface area contributed by atoms with E-state index >= 15 is 0 Å².